The van der Waals surface area contributed by atoms with Crippen molar-refractivity contribution in [3.63, 3.8) is 0 Å². The van der Waals surface area contributed by atoms with E-state index in [1.54, 1.807) is 7.05 Å². The highest BCUT2D eigenvalue weighted by atomic mass is 16.2. The van der Waals surface area contributed by atoms with Crippen LogP contribution in [0.2, 0.25) is 0 Å². The zero-order chi connectivity index (χ0) is 14.9. The van der Waals surface area contributed by atoms with Gasteiger partial charge in [-0.1, -0.05) is 13.3 Å². The first kappa shape index (κ1) is 14.4. The maximum absolute atomic E-state index is 12.1. The van der Waals surface area contributed by atoms with E-state index in [0.717, 1.165) is 36.9 Å². The normalized spacial score (nSPS) is 18.9. The SMILES string of the molecule is CC[C@H]1CCCN(c2c(C#N)c(=O)n(C)c(=O)n2C)C1. The number of anilines is 1. The molecule has 2 rings (SSSR count). The van der Waals surface area contributed by atoms with Gasteiger partial charge in [0.25, 0.3) is 5.56 Å². The molecule has 0 radical (unpaired) electrons. The molecule has 2 heterocycles. The molecule has 0 aromatic carbocycles. The molecule has 1 saturated heterocycles. The number of piperidine rings is 1. The molecule has 0 bridgehead atoms. The molecule has 1 aromatic heterocycles. The Morgan fingerprint density at radius 1 is 1.30 bits per heavy atom. The zero-order valence-corrected chi connectivity index (χ0v) is 12.2. The molecule has 6 heteroatoms. The van der Waals surface area contributed by atoms with Crippen molar-refractivity contribution in [2.24, 2.45) is 20.0 Å². The molecule has 1 aliphatic heterocycles. The van der Waals surface area contributed by atoms with Crippen LogP contribution in [-0.2, 0) is 14.1 Å². The maximum atomic E-state index is 12.1. The summed E-state index contributed by atoms with van der Waals surface area (Å²) >= 11 is 0. The lowest BCUT2D eigenvalue weighted by molar-refractivity contribution is 0.399. The first-order valence-corrected chi connectivity index (χ1v) is 6.96. The Hall–Kier alpha value is -2.03. The molecule has 1 aromatic rings. The third kappa shape index (κ3) is 2.24. The van der Waals surface area contributed by atoms with Crippen LogP contribution < -0.4 is 16.1 Å². The molecule has 0 amide bonds. The van der Waals surface area contributed by atoms with Crippen LogP contribution in [0.25, 0.3) is 0 Å². The van der Waals surface area contributed by atoms with E-state index in [-0.39, 0.29) is 11.3 Å². The van der Waals surface area contributed by atoms with Crippen molar-refractivity contribution in [3.8, 4) is 6.07 Å². The van der Waals surface area contributed by atoms with E-state index in [9.17, 15) is 14.9 Å². The average Bonchev–Trinajstić information content (AvgIpc) is 2.48. The smallest absolute Gasteiger partial charge is 0.332 e. The van der Waals surface area contributed by atoms with Crippen LogP contribution in [0.4, 0.5) is 5.82 Å². The van der Waals surface area contributed by atoms with Gasteiger partial charge in [-0.2, -0.15) is 5.26 Å². The quantitative estimate of drug-likeness (QED) is 0.792. The van der Waals surface area contributed by atoms with Gasteiger partial charge in [0.05, 0.1) is 0 Å². The van der Waals surface area contributed by atoms with Crippen LogP contribution in [0.15, 0.2) is 9.59 Å². The van der Waals surface area contributed by atoms with Crippen LogP contribution in [0.1, 0.15) is 31.7 Å². The number of hydrogen-bond acceptors (Lipinski definition) is 4. The maximum Gasteiger partial charge on any atom is 0.332 e. The molecule has 0 aliphatic carbocycles. The van der Waals surface area contributed by atoms with E-state index in [2.05, 4.69) is 6.92 Å². The number of nitriles is 1. The Kier molecular flexibility index (Phi) is 3.98. The summed E-state index contributed by atoms with van der Waals surface area (Å²) in [4.78, 5) is 26.2. The highest BCUT2D eigenvalue weighted by molar-refractivity contribution is 5.53. The number of aromatic nitrogens is 2. The Balaban J connectivity index is 2.60. The van der Waals surface area contributed by atoms with E-state index in [1.165, 1.54) is 11.6 Å². The second-order valence-electron chi connectivity index (χ2n) is 5.38. The van der Waals surface area contributed by atoms with Crippen LogP contribution in [0.5, 0.6) is 0 Å². The predicted octanol–water partition coefficient (Wildman–Crippen LogP) is 0.582. The van der Waals surface area contributed by atoms with Crippen molar-refractivity contribution >= 4 is 5.82 Å². The summed E-state index contributed by atoms with van der Waals surface area (Å²) in [6.45, 7) is 3.72. The highest BCUT2D eigenvalue weighted by Gasteiger charge is 2.25. The van der Waals surface area contributed by atoms with Crippen molar-refractivity contribution < 1.29 is 0 Å². The van der Waals surface area contributed by atoms with Crippen molar-refractivity contribution in [2.75, 3.05) is 18.0 Å². The Bertz CT molecular complexity index is 665. The molecule has 1 atom stereocenters. The summed E-state index contributed by atoms with van der Waals surface area (Å²) in [5.41, 5.74) is -0.835. The van der Waals surface area contributed by atoms with E-state index in [0.29, 0.717) is 11.7 Å². The third-order valence-electron chi connectivity index (χ3n) is 4.14. The molecule has 0 saturated carbocycles. The minimum Gasteiger partial charge on any atom is -0.356 e. The third-order valence-corrected chi connectivity index (χ3v) is 4.14. The number of hydrogen-bond donors (Lipinski definition) is 0. The Labute approximate surface area is 117 Å². The molecule has 1 fully saturated rings. The predicted molar refractivity (Wildman–Crippen MR) is 76.9 cm³/mol. The molecule has 0 N–H and O–H groups in total. The first-order chi connectivity index (χ1) is 9.51. The fraction of sp³-hybridized carbons (Fsp3) is 0.643. The summed E-state index contributed by atoms with van der Waals surface area (Å²) in [5.74, 6) is 1.02. The zero-order valence-electron chi connectivity index (χ0n) is 12.2. The van der Waals surface area contributed by atoms with Crippen molar-refractivity contribution in [2.45, 2.75) is 26.2 Å². The number of rotatable bonds is 2. The molecular weight excluding hydrogens is 256 g/mol. The lowest BCUT2D eigenvalue weighted by atomic mass is 9.95. The van der Waals surface area contributed by atoms with Crippen LogP contribution >= 0.6 is 0 Å². The van der Waals surface area contributed by atoms with Gasteiger partial charge in [0.2, 0.25) is 0 Å². The van der Waals surface area contributed by atoms with Crippen LogP contribution in [0, 0.1) is 17.2 Å². The molecule has 20 heavy (non-hydrogen) atoms. The Morgan fingerprint density at radius 2 is 2.00 bits per heavy atom. The van der Waals surface area contributed by atoms with Gasteiger partial charge in [0.1, 0.15) is 11.9 Å². The molecule has 6 nitrogen and oxygen atoms in total. The van der Waals surface area contributed by atoms with E-state index < -0.39 is 5.56 Å². The molecule has 0 spiro atoms. The molecule has 1 aliphatic rings. The second-order valence-corrected chi connectivity index (χ2v) is 5.38. The standard InChI is InChI=1S/C14H20N4O2/c1-4-10-6-5-7-18(9-10)12-11(8-15)13(19)17(3)14(20)16(12)2/h10H,4-7,9H2,1-3H3/t10-/m0/s1. The van der Waals surface area contributed by atoms with E-state index in [4.69, 9.17) is 0 Å². The van der Waals surface area contributed by atoms with Gasteiger partial charge < -0.3 is 4.90 Å². The second kappa shape index (κ2) is 5.53. The minimum atomic E-state index is -0.510. The van der Waals surface area contributed by atoms with Crippen LogP contribution in [-0.4, -0.2) is 22.2 Å². The summed E-state index contributed by atoms with van der Waals surface area (Å²) in [7, 11) is 3.02. The van der Waals surface area contributed by atoms with Gasteiger partial charge in [-0.05, 0) is 18.8 Å². The molecule has 0 unspecified atom stereocenters. The average molecular weight is 276 g/mol. The van der Waals surface area contributed by atoms with Gasteiger partial charge in [-0.3, -0.25) is 13.9 Å². The Morgan fingerprint density at radius 3 is 2.60 bits per heavy atom. The van der Waals surface area contributed by atoms with Gasteiger partial charge in [-0.25, -0.2) is 4.79 Å². The van der Waals surface area contributed by atoms with Gasteiger partial charge in [0.15, 0.2) is 5.56 Å². The lowest BCUT2D eigenvalue weighted by Gasteiger charge is -2.35. The monoisotopic (exact) mass is 276 g/mol. The van der Waals surface area contributed by atoms with Gasteiger partial charge in [0, 0.05) is 27.2 Å². The fourth-order valence-corrected chi connectivity index (χ4v) is 2.89. The lowest BCUT2D eigenvalue weighted by Crippen LogP contribution is -2.45. The molecular formula is C14H20N4O2. The van der Waals surface area contributed by atoms with Gasteiger partial charge in [-0.15, -0.1) is 0 Å². The van der Waals surface area contributed by atoms with Crippen LogP contribution in [0.3, 0.4) is 0 Å². The van der Waals surface area contributed by atoms with Crippen molar-refractivity contribution in [1.29, 1.82) is 5.26 Å². The minimum absolute atomic E-state index is 0.0614. The fourth-order valence-electron chi connectivity index (χ4n) is 2.89. The van der Waals surface area contributed by atoms with E-state index >= 15 is 0 Å². The van der Waals surface area contributed by atoms with Crippen molar-refractivity contribution in [1.82, 2.24) is 9.13 Å². The number of nitrogens with zero attached hydrogens (tertiary/aromatic N) is 4. The summed E-state index contributed by atoms with van der Waals surface area (Å²) < 4.78 is 2.40. The summed E-state index contributed by atoms with van der Waals surface area (Å²) in [6.07, 6.45) is 3.25. The van der Waals surface area contributed by atoms with Crippen molar-refractivity contribution in [3.05, 3.63) is 26.4 Å². The molecule has 108 valence electrons. The summed E-state index contributed by atoms with van der Waals surface area (Å²) in [5, 5.41) is 9.29. The first-order valence-electron chi connectivity index (χ1n) is 6.96. The summed E-state index contributed by atoms with van der Waals surface area (Å²) in [6, 6.07) is 1.97. The van der Waals surface area contributed by atoms with Gasteiger partial charge >= 0.3 is 5.69 Å². The highest BCUT2D eigenvalue weighted by Crippen LogP contribution is 2.24. The topological polar surface area (TPSA) is 71.0 Å². The largest absolute Gasteiger partial charge is 0.356 e. The van der Waals surface area contributed by atoms with E-state index in [1.807, 2.05) is 11.0 Å².